The van der Waals surface area contributed by atoms with Gasteiger partial charge in [-0.25, -0.2) is 14.2 Å². The molecule has 1 atom stereocenters. The summed E-state index contributed by atoms with van der Waals surface area (Å²) in [6.07, 6.45) is 1.93. The molecule has 7 heteroatoms. The van der Waals surface area contributed by atoms with E-state index < -0.39 is 12.1 Å². The molecule has 1 aliphatic heterocycles. The van der Waals surface area contributed by atoms with Gasteiger partial charge in [-0.2, -0.15) is 0 Å². The highest BCUT2D eigenvalue weighted by molar-refractivity contribution is 6.02. The highest BCUT2D eigenvalue weighted by atomic mass is 19.1. The zero-order valence-corrected chi connectivity index (χ0v) is 15.3. The van der Waals surface area contributed by atoms with E-state index in [0.29, 0.717) is 23.5 Å². The minimum Gasteiger partial charge on any atom is -0.340 e. The van der Waals surface area contributed by atoms with Crippen LogP contribution in [0, 0.1) is 12.7 Å². The fourth-order valence-electron chi connectivity index (χ4n) is 3.38. The number of nitrogens with one attached hydrogen (secondary N) is 2. The summed E-state index contributed by atoms with van der Waals surface area (Å²) in [4.78, 5) is 33.2. The fourth-order valence-corrected chi connectivity index (χ4v) is 3.38. The first-order chi connectivity index (χ1) is 13.5. The second kappa shape index (κ2) is 7.26. The van der Waals surface area contributed by atoms with Crippen LogP contribution in [-0.4, -0.2) is 33.4 Å². The molecule has 0 radical (unpaired) electrons. The van der Waals surface area contributed by atoms with Gasteiger partial charge in [-0.3, -0.25) is 9.69 Å². The number of hydrogen-bond acceptors (Lipinski definition) is 3. The van der Waals surface area contributed by atoms with E-state index in [0.717, 1.165) is 11.1 Å². The van der Waals surface area contributed by atoms with Crippen molar-refractivity contribution in [1.29, 1.82) is 0 Å². The summed E-state index contributed by atoms with van der Waals surface area (Å²) >= 11 is 0. The van der Waals surface area contributed by atoms with Crippen molar-refractivity contribution in [2.24, 2.45) is 0 Å². The number of carbonyl (C=O) groups is 2. The van der Waals surface area contributed by atoms with Gasteiger partial charge >= 0.3 is 6.03 Å². The lowest BCUT2D eigenvalue weighted by atomic mass is 10.0. The normalized spacial score (nSPS) is 15.0. The largest absolute Gasteiger partial charge is 0.340 e. The Balaban J connectivity index is 1.71. The number of imide groups is 1. The Labute approximate surface area is 161 Å². The monoisotopic (exact) mass is 378 g/mol. The lowest BCUT2D eigenvalue weighted by Gasteiger charge is -2.23. The first-order valence-electron chi connectivity index (χ1n) is 8.98. The predicted octanol–water partition coefficient (Wildman–Crippen LogP) is 3.36. The van der Waals surface area contributed by atoms with Crippen molar-refractivity contribution in [2.75, 3.05) is 6.54 Å². The molecule has 1 fully saturated rings. The number of halogens is 1. The van der Waals surface area contributed by atoms with Crippen LogP contribution in [0.5, 0.6) is 0 Å². The molecular formula is C21H19FN4O2. The third kappa shape index (κ3) is 3.38. The average Bonchev–Trinajstić information content (AvgIpc) is 3.28. The van der Waals surface area contributed by atoms with Crippen LogP contribution >= 0.6 is 0 Å². The van der Waals surface area contributed by atoms with E-state index in [1.807, 2.05) is 43.3 Å². The summed E-state index contributed by atoms with van der Waals surface area (Å²) in [6.45, 7) is 1.78. The molecule has 0 spiro atoms. The lowest BCUT2D eigenvalue weighted by molar-refractivity contribution is -0.126. The molecule has 0 aliphatic carbocycles. The number of benzene rings is 2. The summed E-state index contributed by atoms with van der Waals surface area (Å²) in [5.41, 5.74) is 2.67. The Morgan fingerprint density at radius 3 is 2.64 bits per heavy atom. The van der Waals surface area contributed by atoms with Crippen LogP contribution < -0.4 is 5.32 Å². The van der Waals surface area contributed by atoms with E-state index in [9.17, 15) is 14.0 Å². The molecule has 3 aromatic rings. The Morgan fingerprint density at radius 2 is 1.96 bits per heavy atom. The zero-order chi connectivity index (χ0) is 19.7. The molecule has 2 N–H and O–H groups in total. The highest BCUT2D eigenvalue weighted by Gasteiger charge is 2.37. The van der Waals surface area contributed by atoms with Crippen LogP contribution in [-0.2, 0) is 11.2 Å². The number of aryl methyl sites for hydroxylation is 1. The number of rotatable bonds is 5. The van der Waals surface area contributed by atoms with Gasteiger partial charge in [-0.15, -0.1) is 0 Å². The van der Waals surface area contributed by atoms with Gasteiger partial charge in [0.1, 0.15) is 17.7 Å². The minimum atomic E-state index is -0.611. The number of imidazole rings is 1. The summed E-state index contributed by atoms with van der Waals surface area (Å²) in [5.74, 6) is -0.237. The van der Waals surface area contributed by atoms with E-state index in [1.54, 1.807) is 6.07 Å². The summed E-state index contributed by atoms with van der Waals surface area (Å²) in [7, 11) is 0. The SMILES string of the molecule is Cc1ccc(-c2cnc(C(Cc3ccccc3)N3C(=O)CNC3=O)[nH]2)c(F)c1. The van der Waals surface area contributed by atoms with Crippen molar-refractivity contribution < 1.29 is 14.0 Å². The Hall–Kier alpha value is -3.48. The Morgan fingerprint density at radius 1 is 1.18 bits per heavy atom. The smallest absolute Gasteiger partial charge is 0.325 e. The molecule has 1 aromatic heterocycles. The van der Waals surface area contributed by atoms with Gasteiger partial charge in [0, 0.05) is 12.0 Å². The molecular weight excluding hydrogens is 359 g/mol. The fraction of sp³-hybridized carbons (Fsp3) is 0.190. The molecule has 1 unspecified atom stereocenters. The molecule has 2 aromatic carbocycles. The number of H-pyrrole nitrogens is 1. The second-order valence-electron chi connectivity index (χ2n) is 6.79. The van der Waals surface area contributed by atoms with Gasteiger partial charge in [0.25, 0.3) is 5.91 Å². The highest BCUT2D eigenvalue weighted by Crippen LogP contribution is 2.28. The van der Waals surface area contributed by atoms with Crippen LogP contribution in [0.1, 0.15) is 23.0 Å². The molecule has 4 rings (SSSR count). The number of aromatic amines is 1. The first kappa shape index (κ1) is 17.9. The van der Waals surface area contributed by atoms with Crippen molar-refractivity contribution in [3.8, 4) is 11.3 Å². The van der Waals surface area contributed by atoms with Crippen molar-refractivity contribution in [1.82, 2.24) is 20.2 Å². The lowest BCUT2D eigenvalue weighted by Crippen LogP contribution is -2.36. The maximum Gasteiger partial charge on any atom is 0.325 e. The van der Waals surface area contributed by atoms with Crippen LogP contribution in [0.4, 0.5) is 9.18 Å². The quantitative estimate of drug-likeness (QED) is 0.669. The van der Waals surface area contributed by atoms with Crippen molar-refractivity contribution >= 4 is 11.9 Å². The van der Waals surface area contributed by atoms with Crippen molar-refractivity contribution in [3.63, 3.8) is 0 Å². The van der Waals surface area contributed by atoms with Crippen molar-refractivity contribution in [2.45, 2.75) is 19.4 Å². The van der Waals surface area contributed by atoms with Gasteiger partial charge < -0.3 is 10.3 Å². The maximum absolute atomic E-state index is 14.3. The molecule has 0 bridgehead atoms. The number of nitrogens with zero attached hydrogens (tertiary/aromatic N) is 2. The molecule has 0 saturated carbocycles. The Kier molecular flexibility index (Phi) is 4.65. The standard InChI is InChI=1S/C21H19FN4O2/c1-13-7-8-15(16(22)9-13)17-11-23-20(25-17)18(10-14-5-3-2-4-6-14)26-19(27)12-24-21(26)28/h2-9,11,18H,10,12H2,1H3,(H,23,25)(H,24,28). The summed E-state index contributed by atoms with van der Waals surface area (Å²) in [5, 5.41) is 2.54. The molecule has 2 heterocycles. The molecule has 1 saturated heterocycles. The van der Waals surface area contributed by atoms with Gasteiger partial charge in [-0.05, 0) is 30.2 Å². The first-order valence-corrected chi connectivity index (χ1v) is 8.98. The maximum atomic E-state index is 14.3. The van der Waals surface area contributed by atoms with Gasteiger partial charge in [0.05, 0.1) is 18.4 Å². The van der Waals surface area contributed by atoms with Gasteiger partial charge in [0.15, 0.2) is 0 Å². The summed E-state index contributed by atoms with van der Waals surface area (Å²) in [6, 6.07) is 13.4. The number of hydrogen-bond donors (Lipinski definition) is 2. The number of urea groups is 1. The van der Waals surface area contributed by atoms with E-state index in [1.165, 1.54) is 17.2 Å². The summed E-state index contributed by atoms with van der Waals surface area (Å²) < 4.78 is 14.3. The number of aromatic nitrogens is 2. The minimum absolute atomic E-state index is 0.0374. The average molecular weight is 378 g/mol. The third-order valence-corrected chi connectivity index (χ3v) is 4.79. The van der Waals surface area contributed by atoms with Gasteiger partial charge in [-0.1, -0.05) is 36.4 Å². The van der Waals surface area contributed by atoms with Gasteiger partial charge in [0.2, 0.25) is 0 Å². The molecule has 3 amide bonds. The molecule has 142 valence electrons. The van der Waals surface area contributed by atoms with Crippen molar-refractivity contribution in [3.05, 3.63) is 77.5 Å². The van der Waals surface area contributed by atoms with Crippen LogP contribution in [0.3, 0.4) is 0 Å². The molecule has 6 nitrogen and oxygen atoms in total. The topological polar surface area (TPSA) is 78.1 Å². The number of amides is 3. The number of carbonyl (C=O) groups excluding carboxylic acids is 2. The van der Waals surface area contributed by atoms with Crippen LogP contribution in [0.2, 0.25) is 0 Å². The van der Waals surface area contributed by atoms with Crippen LogP contribution in [0.25, 0.3) is 11.3 Å². The van der Waals surface area contributed by atoms with E-state index >= 15 is 0 Å². The van der Waals surface area contributed by atoms with Crippen LogP contribution in [0.15, 0.2) is 54.7 Å². The molecule has 1 aliphatic rings. The Bertz CT molecular complexity index is 1020. The second-order valence-corrected chi connectivity index (χ2v) is 6.79. The van der Waals surface area contributed by atoms with E-state index in [4.69, 9.17) is 0 Å². The van der Waals surface area contributed by atoms with E-state index in [2.05, 4.69) is 15.3 Å². The third-order valence-electron chi connectivity index (χ3n) is 4.79. The molecule has 28 heavy (non-hydrogen) atoms. The zero-order valence-electron chi connectivity index (χ0n) is 15.3. The van der Waals surface area contributed by atoms with E-state index in [-0.39, 0.29) is 18.3 Å². The predicted molar refractivity (Wildman–Crippen MR) is 102 cm³/mol.